The van der Waals surface area contributed by atoms with Crippen molar-refractivity contribution in [2.75, 3.05) is 5.32 Å². The van der Waals surface area contributed by atoms with Crippen LogP contribution in [0.5, 0.6) is 0 Å². The van der Waals surface area contributed by atoms with Gasteiger partial charge in [-0.3, -0.25) is 0 Å². The van der Waals surface area contributed by atoms with E-state index < -0.39 is 0 Å². The first-order chi connectivity index (χ1) is 8.56. The van der Waals surface area contributed by atoms with Crippen LogP contribution < -0.4 is 11.1 Å². The maximum absolute atomic E-state index is 5.69. The Kier molecular flexibility index (Phi) is 3.98. The molecule has 3 N–H and O–H groups in total. The number of halogens is 1. The van der Waals surface area contributed by atoms with Gasteiger partial charge in [-0.15, -0.1) is 0 Å². The summed E-state index contributed by atoms with van der Waals surface area (Å²) < 4.78 is 6.06. The monoisotopic (exact) mass is 325 g/mol. The van der Waals surface area contributed by atoms with Crippen molar-refractivity contribution in [3.05, 3.63) is 45.8 Å². The van der Waals surface area contributed by atoms with Gasteiger partial charge >= 0.3 is 0 Å². The van der Waals surface area contributed by atoms with Crippen LogP contribution in [0.25, 0.3) is 0 Å². The van der Waals surface area contributed by atoms with Crippen molar-refractivity contribution in [1.29, 1.82) is 0 Å². The van der Waals surface area contributed by atoms with Gasteiger partial charge in [0.05, 0.1) is 12.2 Å². The summed E-state index contributed by atoms with van der Waals surface area (Å²) in [5.74, 6) is 0.768. The zero-order valence-electron chi connectivity index (χ0n) is 9.74. The first kappa shape index (κ1) is 13.0. The van der Waals surface area contributed by atoms with Gasteiger partial charge in [0.25, 0.3) is 0 Å². The number of anilines is 1. The number of hydrogen-bond donors (Lipinski definition) is 2. The molecule has 0 unspecified atom stereocenters. The van der Waals surface area contributed by atoms with Gasteiger partial charge in [0.15, 0.2) is 5.76 Å². The summed E-state index contributed by atoms with van der Waals surface area (Å²) in [7, 11) is 0. The van der Waals surface area contributed by atoms with Crippen LogP contribution >= 0.6 is 28.1 Å². The van der Waals surface area contributed by atoms with Crippen molar-refractivity contribution in [1.82, 2.24) is 5.16 Å². The number of rotatable bonds is 4. The lowest BCUT2D eigenvalue weighted by molar-refractivity contribution is 0.384. The summed E-state index contributed by atoms with van der Waals surface area (Å²) in [5.41, 5.74) is 8.23. The molecule has 2 rings (SSSR count). The molecule has 94 valence electrons. The highest BCUT2D eigenvalue weighted by atomic mass is 79.9. The largest absolute Gasteiger partial charge is 0.389 e. The van der Waals surface area contributed by atoms with Gasteiger partial charge in [-0.1, -0.05) is 33.3 Å². The molecule has 2 aromatic rings. The molecule has 0 saturated heterocycles. The fourth-order valence-corrected chi connectivity index (χ4v) is 2.09. The Balaban J connectivity index is 2.16. The lowest BCUT2D eigenvalue weighted by atomic mass is 10.1. The summed E-state index contributed by atoms with van der Waals surface area (Å²) in [6, 6.07) is 7.61. The molecular weight excluding hydrogens is 314 g/mol. The zero-order chi connectivity index (χ0) is 13.1. The number of benzene rings is 1. The average Bonchev–Trinajstić information content (AvgIpc) is 2.73. The molecule has 4 nitrogen and oxygen atoms in total. The molecule has 0 aliphatic heterocycles. The molecule has 0 fully saturated rings. The summed E-state index contributed by atoms with van der Waals surface area (Å²) in [6.07, 6.45) is 0. The van der Waals surface area contributed by atoms with Gasteiger partial charge in [-0.25, -0.2) is 0 Å². The predicted octanol–water partition coefficient (Wildman–Crippen LogP) is 2.99. The number of aromatic nitrogens is 1. The Morgan fingerprint density at radius 2 is 2.28 bits per heavy atom. The number of hydrogen-bond acceptors (Lipinski definition) is 4. The van der Waals surface area contributed by atoms with Crippen LogP contribution in [0, 0.1) is 6.92 Å². The molecule has 0 amide bonds. The van der Waals surface area contributed by atoms with E-state index in [0.29, 0.717) is 11.5 Å². The minimum Gasteiger partial charge on any atom is -0.389 e. The summed E-state index contributed by atoms with van der Waals surface area (Å²) >= 11 is 8.42. The SMILES string of the molecule is Cc1cc(CNc2ccc(Br)cc2C(N)=S)on1. The van der Waals surface area contributed by atoms with Crippen molar-refractivity contribution in [3.63, 3.8) is 0 Å². The van der Waals surface area contributed by atoms with E-state index in [0.717, 1.165) is 27.2 Å². The Hall–Kier alpha value is -1.40. The van der Waals surface area contributed by atoms with E-state index >= 15 is 0 Å². The van der Waals surface area contributed by atoms with Crippen LogP contribution in [0.4, 0.5) is 5.69 Å². The normalized spacial score (nSPS) is 10.3. The highest BCUT2D eigenvalue weighted by Gasteiger charge is 2.07. The first-order valence-corrected chi connectivity index (χ1v) is 6.52. The van der Waals surface area contributed by atoms with E-state index in [1.165, 1.54) is 0 Å². The molecule has 1 heterocycles. The predicted molar refractivity (Wildman–Crippen MR) is 78.6 cm³/mol. The number of nitrogens with one attached hydrogen (secondary N) is 1. The molecule has 0 radical (unpaired) electrons. The third-order valence-corrected chi connectivity index (χ3v) is 3.09. The maximum Gasteiger partial charge on any atom is 0.156 e. The van der Waals surface area contributed by atoms with Gasteiger partial charge < -0.3 is 15.6 Å². The number of nitrogens with two attached hydrogens (primary N) is 1. The molecule has 0 saturated carbocycles. The molecule has 0 bridgehead atoms. The average molecular weight is 326 g/mol. The molecule has 0 aliphatic rings. The van der Waals surface area contributed by atoms with Crippen LogP contribution in [0.3, 0.4) is 0 Å². The van der Waals surface area contributed by atoms with Gasteiger partial charge in [0.2, 0.25) is 0 Å². The Labute approximate surface area is 119 Å². The fraction of sp³-hybridized carbons (Fsp3) is 0.167. The molecule has 1 aromatic heterocycles. The molecule has 0 spiro atoms. The standard InChI is InChI=1S/C12H12BrN3OS/c1-7-4-9(17-16-7)6-15-11-3-2-8(13)5-10(11)12(14)18/h2-5,15H,6H2,1H3,(H2,14,18). The molecular formula is C12H12BrN3OS. The Bertz CT molecular complexity index is 582. The van der Waals surface area contributed by atoms with Crippen molar-refractivity contribution in [2.24, 2.45) is 5.73 Å². The Morgan fingerprint density at radius 1 is 1.50 bits per heavy atom. The molecule has 0 atom stereocenters. The second-order valence-corrected chi connectivity index (χ2v) is 5.20. The smallest absolute Gasteiger partial charge is 0.156 e. The van der Waals surface area contributed by atoms with Crippen molar-refractivity contribution in [2.45, 2.75) is 13.5 Å². The fourth-order valence-electron chi connectivity index (χ4n) is 1.56. The summed E-state index contributed by atoms with van der Waals surface area (Å²) in [4.78, 5) is 0.354. The van der Waals surface area contributed by atoms with Crippen LogP contribution in [-0.4, -0.2) is 10.1 Å². The van der Waals surface area contributed by atoms with Crippen LogP contribution in [0.1, 0.15) is 17.0 Å². The van der Waals surface area contributed by atoms with E-state index in [9.17, 15) is 0 Å². The van der Waals surface area contributed by atoms with Gasteiger partial charge in [-0.05, 0) is 25.1 Å². The summed E-state index contributed by atoms with van der Waals surface area (Å²) in [6.45, 7) is 2.42. The third kappa shape index (κ3) is 3.08. The number of thiocarbonyl (C=S) groups is 1. The minimum absolute atomic E-state index is 0.354. The number of aryl methyl sites for hydroxylation is 1. The van der Waals surface area contributed by atoms with E-state index in [-0.39, 0.29) is 0 Å². The Morgan fingerprint density at radius 3 is 2.89 bits per heavy atom. The van der Waals surface area contributed by atoms with Gasteiger partial charge in [-0.2, -0.15) is 0 Å². The molecule has 1 aromatic carbocycles. The maximum atomic E-state index is 5.69. The van der Waals surface area contributed by atoms with Crippen molar-refractivity contribution < 1.29 is 4.52 Å². The van der Waals surface area contributed by atoms with Crippen LogP contribution in [0.15, 0.2) is 33.3 Å². The number of nitrogens with zero attached hydrogens (tertiary/aromatic N) is 1. The van der Waals surface area contributed by atoms with Gasteiger partial charge in [0.1, 0.15) is 4.99 Å². The topological polar surface area (TPSA) is 64.1 Å². The minimum atomic E-state index is 0.354. The van der Waals surface area contributed by atoms with Crippen molar-refractivity contribution >= 4 is 38.8 Å². The van der Waals surface area contributed by atoms with Crippen LogP contribution in [-0.2, 0) is 6.54 Å². The van der Waals surface area contributed by atoms with Crippen molar-refractivity contribution in [3.8, 4) is 0 Å². The molecule has 18 heavy (non-hydrogen) atoms. The molecule has 0 aliphatic carbocycles. The third-order valence-electron chi connectivity index (χ3n) is 2.38. The highest BCUT2D eigenvalue weighted by molar-refractivity contribution is 9.10. The lowest BCUT2D eigenvalue weighted by Gasteiger charge is -2.10. The first-order valence-electron chi connectivity index (χ1n) is 5.31. The zero-order valence-corrected chi connectivity index (χ0v) is 12.1. The van der Waals surface area contributed by atoms with E-state index in [1.807, 2.05) is 31.2 Å². The van der Waals surface area contributed by atoms with E-state index in [2.05, 4.69) is 26.4 Å². The summed E-state index contributed by atoms with van der Waals surface area (Å²) in [5, 5.41) is 7.06. The molecule has 6 heteroatoms. The highest BCUT2D eigenvalue weighted by Crippen LogP contribution is 2.21. The van der Waals surface area contributed by atoms with Gasteiger partial charge in [0, 0.05) is 21.8 Å². The quantitative estimate of drug-likeness (QED) is 0.846. The second kappa shape index (κ2) is 5.49. The van der Waals surface area contributed by atoms with E-state index in [1.54, 1.807) is 0 Å². The van der Waals surface area contributed by atoms with E-state index in [4.69, 9.17) is 22.5 Å². The second-order valence-electron chi connectivity index (χ2n) is 3.84. The lowest BCUT2D eigenvalue weighted by Crippen LogP contribution is -2.13. The van der Waals surface area contributed by atoms with Crippen LogP contribution in [0.2, 0.25) is 0 Å².